The average molecular weight is 286 g/mol. The molecule has 0 N–H and O–H groups in total. The van der Waals surface area contributed by atoms with Gasteiger partial charge in [-0.05, 0) is 49.7 Å². The van der Waals surface area contributed by atoms with Crippen molar-refractivity contribution in [3.63, 3.8) is 0 Å². The van der Waals surface area contributed by atoms with Gasteiger partial charge in [0, 0.05) is 0 Å². The van der Waals surface area contributed by atoms with E-state index in [0.717, 1.165) is 5.56 Å². The third-order valence-corrected chi connectivity index (χ3v) is 2.97. The maximum Gasteiger partial charge on any atom is 0.338 e. The molecule has 110 valence electrons. The number of ether oxygens (including phenoxy) is 3. The molecule has 0 radical (unpaired) electrons. The van der Waals surface area contributed by atoms with E-state index in [2.05, 4.69) is 0 Å². The number of carbonyl (C=O) groups is 1. The molecule has 0 saturated heterocycles. The molecule has 0 aromatic heterocycles. The lowest BCUT2D eigenvalue weighted by Gasteiger charge is -2.12. The van der Waals surface area contributed by atoms with E-state index in [9.17, 15) is 4.79 Å². The molecule has 0 bridgehead atoms. The van der Waals surface area contributed by atoms with E-state index in [-0.39, 0.29) is 5.97 Å². The first-order valence-corrected chi connectivity index (χ1v) is 6.74. The molecule has 4 nitrogen and oxygen atoms in total. The zero-order valence-corrected chi connectivity index (χ0v) is 12.4. The van der Waals surface area contributed by atoms with Crippen molar-refractivity contribution in [3.05, 3.63) is 53.6 Å². The summed E-state index contributed by atoms with van der Waals surface area (Å²) < 4.78 is 16.1. The van der Waals surface area contributed by atoms with Crippen LogP contribution >= 0.6 is 0 Å². The molecular weight excluding hydrogens is 268 g/mol. The van der Waals surface area contributed by atoms with E-state index >= 15 is 0 Å². The number of aryl methyl sites for hydroxylation is 1. The molecule has 0 aliphatic carbocycles. The minimum absolute atomic E-state index is 0.336. The van der Waals surface area contributed by atoms with E-state index in [1.165, 1.54) is 0 Å². The smallest absolute Gasteiger partial charge is 0.338 e. The van der Waals surface area contributed by atoms with Gasteiger partial charge in [0.25, 0.3) is 0 Å². The fourth-order valence-electron chi connectivity index (χ4n) is 1.97. The molecule has 0 spiro atoms. The van der Waals surface area contributed by atoms with Crippen LogP contribution in [0.5, 0.6) is 17.2 Å². The van der Waals surface area contributed by atoms with Gasteiger partial charge in [-0.2, -0.15) is 0 Å². The van der Waals surface area contributed by atoms with Crippen molar-refractivity contribution in [3.8, 4) is 17.2 Å². The Labute approximate surface area is 124 Å². The Morgan fingerprint density at radius 1 is 1.10 bits per heavy atom. The largest absolute Gasteiger partial charge is 0.493 e. The molecule has 2 aromatic rings. The van der Waals surface area contributed by atoms with Crippen LogP contribution < -0.4 is 9.47 Å². The van der Waals surface area contributed by atoms with Crippen molar-refractivity contribution in [2.45, 2.75) is 13.8 Å². The van der Waals surface area contributed by atoms with Crippen molar-refractivity contribution < 1.29 is 19.0 Å². The maximum atomic E-state index is 11.6. The molecular formula is C17H18O4. The number of benzene rings is 2. The van der Waals surface area contributed by atoms with E-state index in [4.69, 9.17) is 14.2 Å². The summed E-state index contributed by atoms with van der Waals surface area (Å²) in [5.74, 6) is 1.64. The van der Waals surface area contributed by atoms with Gasteiger partial charge < -0.3 is 14.2 Å². The van der Waals surface area contributed by atoms with Crippen molar-refractivity contribution in [1.82, 2.24) is 0 Å². The zero-order valence-electron chi connectivity index (χ0n) is 12.4. The first-order chi connectivity index (χ1) is 10.2. The van der Waals surface area contributed by atoms with Gasteiger partial charge in [0.15, 0.2) is 11.5 Å². The van der Waals surface area contributed by atoms with Crippen molar-refractivity contribution in [1.29, 1.82) is 0 Å². The van der Waals surface area contributed by atoms with Crippen molar-refractivity contribution in [2.75, 3.05) is 13.7 Å². The predicted octanol–water partition coefficient (Wildman–Crippen LogP) is 3.97. The highest BCUT2D eigenvalue weighted by Crippen LogP contribution is 2.34. The maximum absolute atomic E-state index is 11.6. The number of esters is 1. The molecule has 21 heavy (non-hydrogen) atoms. The Morgan fingerprint density at radius 2 is 1.81 bits per heavy atom. The Balaban J connectivity index is 2.17. The van der Waals surface area contributed by atoms with Crippen LogP contribution in [0.4, 0.5) is 0 Å². The summed E-state index contributed by atoms with van der Waals surface area (Å²) in [6.07, 6.45) is 0. The van der Waals surface area contributed by atoms with Crippen LogP contribution in [0.15, 0.2) is 42.5 Å². The lowest BCUT2D eigenvalue weighted by molar-refractivity contribution is 0.0526. The van der Waals surface area contributed by atoms with Crippen LogP contribution in [0.25, 0.3) is 0 Å². The minimum Gasteiger partial charge on any atom is -0.493 e. The number of hydrogen-bond donors (Lipinski definition) is 0. The van der Waals surface area contributed by atoms with Gasteiger partial charge in [-0.3, -0.25) is 0 Å². The molecule has 2 rings (SSSR count). The highest BCUT2D eigenvalue weighted by Gasteiger charge is 2.09. The second-order valence-corrected chi connectivity index (χ2v) is 4.45. The topological polar surface area (TPSA) is 44.8 Å². The third-order valence-electron chi connectivity index (χ3n) is 2.97. The molecule has 0 amide bonds. The monoisotopic (exact) mass is 286 g/mol. The van der Waals surface area contributed by atoms with Gasteiger partial charge >= 0.3 is 5.97 Å². The summed E-state index contributed by atoms with van der Waals surface area (Å²) in [6, 6.07) is 12.5. The first kappa shape index (κ1) is 14.9. The zero-order chi connectivity index (χ0) is 15.2. The summed E-state index contributed by atoms with van der Waals surface area (Å²) in [7, 11) is 1.61. The van der Waals surface area contributed by atoms with Gasteiger partial charge in [-0.25, -0.2) is 4.79 Å². The third kappa shape index (κ3) is 3.54. The SMILES string of the molecule is CCOC(=O)c1ccc(Oc2cccc(C)c2OC)cc1. The molecule has 0 unspecified atom stereocenters. The summed E-state index contributed by atoms with van der Waals surface area (Å²) in [4.78, 5) is 11.6. The molecule has 0 atom stereocenters. The Bertz CT molecular complexity index is 617. The fourth-order valence-corrected chi connectivity index (χ4v) is 1.97. The second kappa shape index (κ2) is 6.79. The molecule has 2 aromatic carbocycles. The van der Waals surface area contributed by atoms with Crippen LogP contribution in [0, 0.1) is 6.92 Å². The number of methoxy groups -OCH3 is 1. The summed E-state index contributed by atoms with van der Waals surface area (Å²) >= 11 is 0. The molecule has 0 aliphatic heterocycles. The molecule has 0 aliphatic rings. The Kier molecular flexibility index (Phi) is 4.82. The molecule has 0 heterocycles. The highest BCUT2D eigenvalue weighted by atomic mass is 16.5. The molecule has 0 fully saturated rings. The predicted molar refractivity (Wildman–Crippen MR) is 80.2 cm³/mol. The quantitative estimate of drug-likeness (QED) is 0.780. The standard InChI is InChI=1S/C17H18O4/c1-4-20-17(18)13-8-10-14(11-9-13)21-15-7-5-6-12(2)16(15)19-3/h5-11H,4H2,1-3H3. The summed E-state index contributed by atoms with van der Waals surface area (Å²) in [5, 5.41) is 0. The lowest BCUT2D eigenvalue weighted by atomic mass is 10.2. The number of hydrogen-bond acceptors (Lipinski definition) is 4. The Hall–Kier alpha value is -2.49. The van der Waals surface area contributed by atoms with Crippen molar-refractivity contribution >= 4 is 5.97 Å². The van der Waals surface area contributed by atoms with Gasteiger partial charge in [0.2, 0.25) is 0 Å². The minimum atomic E-state index is -0.336. The lowest BCUT2D eigenvalue weighted by Crippen LogP contribution is -2.04. The normalized spacial score (nSPS) is 10.0. The van der Waals surface area contributed by atoms with Gasteiger partial charge in [0.1, 0.15) is 5.75 Å². The fraction of sp³-hybridized carbons (Fsp3) is 0.235. The Morgan fingerprint density at radius 3 is 2.43 bits per heavy atom. The van der Waals surface area contributed by atoms with Crippen LogP contribution in [0.2, 0.25) is 0 Å². The van der Waals surface area contributed by atoms with Crippen LogP contribution in [-0.4, -0.2) is 19.7 Å². The van der Waals surface area contributed by atoms with Crippen LogP contribution in [-0.2, 0) is 4.74 Å². The first-order valence-electron chi connectivity index (χ1n) is 6.74. The van der Waals surface area contributed by atoms with Gasteiger partial charge in [-0.1, -0.05) is 12.1 Å². The number of rotatable bonds is 5. The average Bonchev–Trinajstić information content (AvgIpc) is 2.48. The number of para-hydroxylation sites is 1. The van der Waals surface area contributed by atoms with Crippen LogP contribution in [0.3, 0.4) is 0 Å². The molecule has 0 saturated carbocycles. The van der Waals surface area contributed by atoms with E-state index in [1.54, 1.807) is 38.3 Å². The van der Waals surface area contributed by atoms with Gasteiger partial charge in [0.05, 0.1) is 19.3 Å². The van der Waals surface area contributed by atoms with Crippen molar-refractivity contribution in [2.24, 2.45) is 0 Å². The summed E-state index contributed by atoms with van der Waals surface area (Å²) in [5.41, 5.74) is 1.50. The highest BCUT2D eigenvalue weighted by molar-refractivity contribution is 5.89. The number of carbonyl (C=O) groups excluding carboxylic acids is 1. The molecule has 4 heteroatoms. The van der Waals surface area contributed by atoms with E-state index in [1.807, 2.05) is 25.1 Å². The van der Waals surface area contributed by atoms with Gasteiger partial charge in [-0.15, -0.1) is 0 Å². The van der Waals surface area contributed by atoms with E-state index < -0.39 is 0 Å². The second-order valence-electron chi connectivity index (χ2n) is 4.45. The summed E-state index contributed by atoms with van der Waals surface area (Å²) in [6.45, 7) is 4.09. The van der Waals surface area contributed by atoms with E-state index in [0.29, 0.717) is 29.4 Å². The van der Waals surface area contributed by atoms with Crippen LogP contribution in [0.1, 0.15) is 22.8 Å².